The van der Waals surface area contributed by atoms with Crippen molar-refractivity contribution in [1.29, 1.82) is 0 Å². The zero-order valence-corrected chi connectivity index (χ0v) is 9.31. The van der Waals surface area contributed by atoms with E-state index < -0.39 is 0 Å². The van der Waals surface area contributed by atoms with Crippen molar-refractivity contribution in [2.24, 2.45) is 5.92 Å². The topological polar surface area (TPSA) is 54.9 Å². The molecule has 1 N–H and O–H groups in total. The molecule has 0 fully saturated rings. The van der Waals surface area contributed by atoms with E-state index >= 15 is 0 Å². The SMILES string of the molecule is Cc1ccnc(NC(=O)CC2C=CCC2)n1. The number of anilines is 1. The number of hydrogen-bond donors (Lipinski definition) is 1. The maximum absolute atomic E-state index is 11.7. The first-order valence-electron chi connectivity index (χ1n) is 5.50. The average Bonchev–Trinajstić information content (AvgIpc) is 2.70. The minimum atomic E-state index is -0.0119. The number of aromatic nitrogens is 2. The lowest BCUT2D eigenvalue weighted by Crippen LogP contribution is -2.16. The zero-order chi connectivity index (χ0) is 11.4. The summed E-state index contributed by atoms with van der Waals surface area (Å²) >= 11 is 0. The molecule has 1 aromatic heterocycles. The summed E-state index contributed by atoms with van der Waals surface area (Å²) in [5.74, 6) is 0.763. The fourth-order valence-electron chi connectivity index (χ4n) is 1.79. The normalized spacial score (nSPS) is 18.7. The van der Waals surface area contributed by atoms with Crippen LogP contribution in [0.25, 0.3) is 0 Å². The van der Waals surface area contributed by atoms with Gasteiger partial charge in [0.1, 0.15) is 0 Å². The van der Waals surface area contributed by atoms with Crippen molar-refractivity contribution in [2.75, 3.05) is 5.32 Å². The molecule has 1 aliphatic rings. The predicted molar refractivity (Wildman–Crippen MR) is 61.9 cm³/mol. The average molecular weight is 217 g/mol. The van der Waals surface area contributed by atoms with Crippen LogP contribution in [0, 0.1) is 12.8 Å². The van der Waals surface area contributed by atoms with Gasteiger partial charge in [-0.05, 0) is 31.7 Å². The summed E-state index contributed by atoms with van der Waals surface area (Å²) in [7, 11) is 0. The maximum atomic E-state index is 11.7. The van der Waals surface area contributed by atoms with E-state index in [-0.39, 0.29) is 5.91 Å². The van der Waals surface area contributed by atoms with Gasteiger partial charge in [0.2, 0.25) is 11.9 Å². The summed E-state index contributed by atoms with van der Waals surface area (Å²) in [6.07, 6.45) is 8.56. The molecular weight excluding hydrogens is 202 g/mol. The van der Waals surface area contributed by atoms with E-state index in [9.17, 15) is 4.79 Å². The van der Waals surface area contributed by atoms with Crippen molar-refractivity contribution in [3.05, 3.63) is 30.1 Å². The number of amides is 1. The molecule has 0 bridgehead atoms. The Morgan fingerprint density at radius 1 is 1.62 bits per heavy atom. The molecule has 0 aliphatic heterocycles. The molecule has 0 saturated heterocycles. The third kappa shape index (κ3) is 2.89. The second-order valence-electron chi connectivity index (χ2n) is 4.04. The number of aryl methyl sites for hydroxylation is 1. The quantitative estimate of drug-likeness (QED) is 0.789. The molecule has 1 atom stereocenters. The number of carbonyl (C=O) groups is 1. The lowest BCUT2D eigenvalue weighted by atomic mass is 10.1. The Labute approximate surface area is 94.8 Å². The van der Waals surface area contributed by atoms with E-state index in [0.717, 1.165) is 18.5 Å². The molecule has 2 rings (SSSR count). The highest BCUT2D eigenvalue weighted by molar-refractivity contribution is 5.89. The summed E-state index contributed by atoms with van der Waals surface area (Å²) in [5.41, 5.74) is 0.853. The van der Waals surface area contributed by atoms with Crippen LogP contribution in [-0.2, 0) is 4.79 Å². The smallest absolute Gasteiger partial charge is 0.229 e. The minimum Gasteiger partial charge on any atom is -0.295 e. The van der Waals surface area contributed by atoms with Gasteiger partial charge in [0.05, 0.1) is 0 Å². The second kappa shape index (κ2) is 4.88. The molecule has 84 valence electrons. The zero-order valence-electron chi connectivity index (χ0n) is 9.31. The van der Waals surface area contributed by atoms with E-state index in [4.69, 9.17) is 0 Å². The lowest BCUT2D eigenvalue weighted by Gasteiger charge is -2.07. The molecule has 16 heavy (non-hydrogen) atoms. The molecule has 1 amide bonds. The third-order valence-electron chi connectivity index (χ3n) is 2.61. The summed E-state index contributed by atoms with van der Waals surface area (Å²) in [4.78, 5) is 19.8. The van der Waals surface area contributed by atoms with E-state index in [1.165, 1.54) is 0 Å². The van der Waals surface area contributed by atoms with Crippen LogP contribution in [0.15, 0.2) is 24.4 Å². The maximum Gasteiger partial charge on any atom is 0.229 e. The Morgan fingerprint density at radius 2 is 2.50 bits per heavy atom. The van der Waals surface area contributed by atoms with Crippen molar-refractivity contribution in [1.82, 2.24) is 9.97 Å². The van der Waals surface area contributed by atoms with Gasteiger partial charge < -0.3 is 0 Å². The fraction of sp³-hybridized carbons (Fsp3) is 0.417. The van der Waals surface area contributed by atoms with Crippen LogP contribution in [0.2, 0.25) is 0 Å². The molecule has 4 heteroatoms. The van der Waals surface area contributed by atoms with Crippen LogP contribution in [0.4, 0.5) is 5.95 Å². The van der Waals surface area contributed by atoms with Gasteiger partial charge in [-0.2, -0.15) is 0 Å². The van der Waals surface area contributed by atoms with E-state index in [1.807, 2.05) is 6.92 Å². The fourth-order valence-corrected chi connectivity index (χ4v) is 1.79. The van der Waals surface area contributed by atoms with E-state index in [0.29, 0.717) is 18.3 Å². The first-order chi connectivity index (χ1) is 7.74. The summed E-state index contributed by atoms with van der Waals surface area (Å²) in [5, 5.41) is 2.71. The molecule has 0 radical (unpaired) electrons. The lowest BCUT2D eigenvalue weighted by molar-refractivity contribution is -0.116. The van der Waals surface area contributed by atoms with Gasteiger partial charge in [0, 0.05) is 18.3 Å². The van der Waals surface area contributed by atoms with Gasteiger partial charge in [0.25, 0.3) is 0 Å². The van der Waals surface area contributed by atoms with Gasteiger partial charge >= 0.3 is 0 Å². The Hall–Kier alpha value is -1.71. The molecule has 1 heterocycles. The highest BCUT2D eigenvalue weighted by Gasteiger charge is 2.14. The van der Waals surface area contributed by atoms with Crippen LogP contribution in [0.5, 0.6) is 0 Å². The van der Waals surface area contributed by atoms with Crippen LogP contribution in [0.1, 0.15) is 25.0 Å². The molecule has 0 aromatic carbocycles. The van der Waals surface area contributed by atoms with Crippen LogP contribution in [0.3, 0.4) is 0 Å². The van der Waals surface area contributed by atoms with Gasteiger partial charge in [-0.1, -0.05) is 12.2 Å². The Kier molecular flexibility index (Phi) is 3.29. The first-order valence-corrected chi connectivity index (χ1v) is 5.50. The predicted octanol–water partition coefficient (Wildman–Crippen LogP) is 2.08. The van der Waals surface area contributed by atoms with Crippen LogP contribution >= 0.6 is 0 Å². The largest absolute Gasteiger partial charge is 0.295 e. The molecule has 0 spiro atoms. The van der Waals surface area contributed by atoms with E-state index in [2.05, 4.69) is 27.4 Å². The Morgan fingerprint density at radius 3 is 3.19 bits per heavy atom. The number of rotatable bonds is 3. The number of hydrogen-bond acceptors (Lipinski definition) is 3. The minimum absolute atomic E-state index is 0.0119. The van der Waals surface area contributed by atoms with Crippen molar-refractivity contribution < 1.29 is 4.79 Å². The van der Waals surface area contributed by atoms with Gasteiger partial charge in [-0.25, -0.2) is 9.97 Å². The molecule has 1 aromatic rings. The molecular formula is C12H15N3O. The van der Waals surface area contributed by atoms with Crippen molar-refractivity contribution in [3.8, 4) is 0 Å². The first kappa shape index (κ1) is 10.8. The highest BCUT2D eigenvalue weighted by atomic mass is 16.1. The van der Waals surface area contributed by atoms with Gasteiger partial charge in [-0.15, -0.1) is 0 Å². The number of carbonyl (C=O) groups excluding carboxylic acids is 1. The number of nitrogens with one attached hydrogen (secondary N) is 1. The summed E-state index contributed by atoms with van der Waals surface area (Å²) < 4.78 is 0. The van der Waals surface area contributed by atoms with Gasteiger partial charge in [0.15, 0.2) is 0 Å². The summed E-state index contributed by atoms with van der Waals surface area (Å²) in [6.45, 7) is 1.87. The van der Waals surface area contributed by atoms with Crippen molar-refractivity contribution >= 4 is 11.9 Å². The molecule has 1 unspecified atom stereocenters. The Bertz CT molecular complexity index is 414. The second-order valence-corrected chi connectivity index (χ2v) is 4.04. The summed E-state index contributed by atoms with van der Waals surface area (Å²) in [6, 6.07) is 1.80. The number of allylic oxidation sites excluding steroid dienone is 2. The number of nitrogens with zero attached hydrogens (tertiary/aromatic N) is 2. The van der Waals surface area contributed by atoms with Crippen LogP contribution < -0.4 is 5.32 Å². The monoisotopic (exact) mass is 217 g/mol. The Balaban J connectivity index is 1.89. The van der Waals surface area contributed by atoms with E-state index in [1.54, 1.807) is 12.3 Å². The molecule has 4 nitrogen and oxygen atoms in total. The van der Waals surface area contributed by atoms with Gasteiger partial charge in [-0.3, -0.25) is 10.1 Å². The third-order valence-corrected chi connectivity index (χ3v) is 2.61. The molecule has 1 aliphatic carbocycles. The highest BCUT2D eigenvalue weighted by Crippen LogP contribution is 2.20. The van der Waals surface area contributed by atoms with Crippen molar-refractivity contribution in [3.63, 3.8) is 0 Å². The standard InChI is InChI=1S/C12H15N3O/c1-9-6-7-13-12(14-9)15-11(16)8-10-4-2-3-5-10/h2,4,6-7,10H,3,5,8H2,1H3,(H,13,14,15,16). The van der Waals surface area contributed by atoms with Crippen molar-refractivity contribution in [2.45, 2.75) is 26.2 Å². The van der Waals surface area contributed by atoms with Crippen LogP contribution in [-0.4, -0.2) is 15.9 Å². The molecule has 0 saturated carbocycles.